The molecule has 3 nitrogen and oxygen atoms in total. The van der Waals surface area contributed by atoms with Gasteiger partial charge in [0, 0.05) is 23.6 Å². The summed E-state index contributed by atoms with van der Waals surface area (Å²) in [5.74, 6) is 0.253. The lowest BCUT2D eigenvalue weighted by atomic mass is 9.88. The lowest BCUT2D eigenvalue weighted by Crippen LogP contribution is -2.53. The molecule has 126 valence electrons. The molecular weight excluding hydrogens is 352 g/mol. The van der Waals surface area contributed by atoms with Crippen molar-refractivity contribution < 1.29 is 4.79 Å². The number of rotatable bonds is 4. The minimum absolute atomic E-state index is 0.253. The number of likely N-dealkylation sites (N-methyl/N-ethyl adjacent to an activating group) is 1. The van der Waals surface area contributed by atoms with Crippen LogP contribution in [0.3, 0.4) is 0 Å². The second-order valence-corrected chi connectivity index (χ2v) is 7.89. The minimum atomic E-state index is 0.253. The molecule has 0 unspecified atom stereocenters. The molecule has 3 rings (SSSR count). The number of carbonyl (C=O) groups is 1. The third kappa shape index (κ3) is 4.16. The molecule has 0 N–H and O–H groups in total. The van der Waals surface area contributed by atoms with Crippen molar-refractivity contribution in [3.63, 3.8) is 0 Å². The number of nitrogens with zero attached hydrogens (tertiary/aromatic N) is 2. The van der Waals surface area contributed by atoms with Crippen LogP contribution in [-0.4, -0.2) is 47.9 Å². The van der Waals surface area contributed by atoms with Crippen molar-refractivity contribution in [3.8, 4) is 0 Å². The van der Waals surface area contributed by atoms with Gasteiger partial charge in [-0.15, -0.1) is 0 Å². The second kappa shape index (κ2) is 7.80. The standard InChI is InChI=1S/C19H27BrN2O/c1-21(19(23)14-15-8-10-16(20)11-9-15)17-6-2-3-7-18(17)22-12-4-5-13-22/h8-11,17-18H,2-7,12-14H2,1H3/t17-,18+/m1/s1. The summed E-state index contributed by atoms with van der Waals surface area (Å²) in [6.07, 6.45) is 8.12. The number of carbonyl (C=O) groups excluding carboxylic acids is 1. The van der Waals surface area contributed by atoms with Crippen LogP contribution in [0, 0.1) is 0 Å². The van der Waals surface area contributed by atoms with Gasteiger partial charge in [-0.05, 0) is 56.5 Å². The van der Waals surface area contributed by atoms with Crippen LogP contribution in [0.25, 0.3) is 0 Å². The molecular formula is C19H27BrN2O. The van der Waals surface area contributed by atoms with E-state index in [1.807, 2.05) is 36.2 Å². The molecule has 1 aliphatic carbocycles. The van der Waals surface area contributed by atoms with Crippen molar-refractivity contribution in [2.75, 3.05) is 20.1 Å². The maximum atomic E-state index is 12.8. The van der Waals surface area contributed by atoms with Crippen molar-refractivity contribution in [1.82, 2.24) is 9.80 Å². The Morgan fingerprint density at radius 1 is 1.13 bits per heavy atom. The summed E-state index contributed by atoms with van der Waals surface area (Å²) < 4.78 is 1.06. The molecule has 1 amide bonds. The molecule has 1 saturated carbocycles. The Morgan fingerprint density at radius 2 is 1.78 bits per heavy atom. The van der Waals surface area contributed by atoms with Gasteiger partial charge >= 0.3 is 0 Å². The van der Waals surface area contributed by atoms with Gasteiger partial charge in [0.1, 0.15) is 0 Å². The summed E-state index contributed by atoms with van der Waals surface area (Å²) in [6, 6.07) is 9.06. The van der Waals surface area contributed by atoms with Crippen LogP contribution < -0.4 is 0 Å². The van der Waals surface area contributed by atoms with Crippen LogP contribution in [0.5, 0.6) is 0 Å². The average Bonchev–Trinajstić information content (AvgIpc) is 3.10. The van der Waals surface area contributed by atoms with E-state index < -0.39 is 0 Å². The van der Waals surface area contributed by atoms with Crippen molar-refractivity contribution in [2.45, 2.75) is 57.0 Å². The summed E-state index contributed by atoms with van der Waals surface area (Å²) in [7, 11) is 2.01. The maximum Gasteiger partial charge on any atom is 0.227 e. The predicted octanol–water partition coefficient (Wildman–Crippen LogP) is 3.86. The summed E-state index contributed by atoms with van der Waals surface area (Å²) in [6.45, 7) is 2.44. The van der Waals surface area contributed by atoms with Gasteiger partial charge in [-0.2, -0.15) is 0 Å². The largest absolute Gasteiger partial charge is 0.341 e. The van der Waals surface area contributed by atoms with E-state index in [4.69, 9.17) is 0 Å². The number of likely N-dealkylation sites (tertiary alicyclic amines) is 1. The van der Waals surface area contributed by atoms with Gasteiger partial charge in [0.25, 0.3) is 0 Å². The highest BCUT2D eigenvalue weighted by Gasteiger charge is 2.35. The van der Waals surface area contributed by atoms with Gasteiger partial charge in [0.2, 0.25) is 5.91 Å². The number of hydrogen-bond donors (Lipinski definition) is 0. The Kier molecular flexibility index (Phi) is 5.76. The molecule has 0 spiro atoms. The van der Waals surface area contributed by atoms with E-state index in [0.29, 0.717) is 18.5 Å². The molecule has 1 aliphatic heterocycles. The zero-order valence-electron chi connectivity index (χ0n) is 14.0. The Labute approximate surface area is 148 Å². The quantitative estimate of drug-likeness (QED) is 0.793. The first-order valence-electron chi connectivity index (χ1n) is 8.89. The van der Waals surface area contributed by atoms with E-state index in [9.17, 15) is 4.79 Å². The molecule has 0 radical (unpaired) electrons. The smallest absolute Gasteiger partial charge is 0.227 e. The molecule has 4 heteroatoms. The monoisotopic (exact) mass is 378 g/mol. The first-order chi connectivity index (χ1) is 11.1. The number of hydrogen-bond acceptors (Lipinski definition) is 2. The highest BCUT2D eigenvalue weighted by atomic mass is 79.9. The first kappa shape index (κ1) is 17.0. The lowest BCUT2D eigenvalue weighted by molar-refractivity contribution is -0.133. The minimum Gasteiger partial charge on any atom is -0.341 e. The van der Waals surface area contributed by atoms with Crippen LogP contribution in [-0.2, 0) is 11.2 Å². The van der Waals surface area contributed by atoms with Crippen molar-refractivity contribution >= 4 is 21.8 Å². The molecule has 0 bridgehead atoms. The molecule has 1 saturated heterocycles. The molecule has 0 aromatic heterocycles. The van der Waals surface area contributed by atoms with Crippen LogP contribution in [0.4, 0.5) is 0 Å². The molecule has 23 heavy (non-hydrogen) atoms. The zero-order chi connectivity index (χ0) is 16.2. The lowest BCUT2D eigenvalue weighted by Gasteiger charge is -2.42. The zero-order valence-corrected chi connectivity index (χ0v) is 15.6. The van der Waals surface area contributed by atoms with Crippen molar-refractivity contribution in [1.29, 1.82) is 0 Å². The molecule has 2 aliphatic rings. The molecule has 1 aromatic carbocycles. The SMILES string of the molecule is CN(C(=O)Cc1ccc(Br)cc1)[C@@H]1CCCC[C@@H]1N1CCCC1. The summed E-state index contributed by atoms with van der Waals surface area (Å²) in [5.41, 5.74) is 1.10. The fourth-order valence-electron chi connectivity index (χ4n) is 4.13. The van der Waals surface area contributed by atoms with Crippen molar-refractivity contribution in [2.24, 2.45) is 0 Å². The highest BCUT2D eigenvalue weighted by Crippen LogP contribution is 2.29. The van der Waals surface area contributed by atoms with Gasteiger partial charge in [-0.3, -0.25) is 9.69 Å². The summed E-state index contributed by atoms with van der Waals surface area (Å²) in [5, 5.41) is 0. The number of amides is 1. The topological polar surface area (TPSA) is 23.6 Å². The predicted molar refractivity (Wildman–Crippen MR) is 97.5 cm³/mol. The first-order valence-corrected chi connectivity index (χ1v) is 9.68. The fourth-order valence-corrected chi connectivity index (χ4v) is 4.39. The van der Waals surface area contributed by atoms with E-state index in [1.165, 1.54) is 45.2 Å². The normalized spacial score (nSPS) is 25.5. The van der Waals surface area contributed by atoms with E-state index >= 15 is 0 Å². The Bertz CT molecular complexity index is 525. The number of benzene rings is 1. The van der Waals surface area contributed by atoms with E-state index in [-0.39, 0.29) is 5.91 Å². The van der Waals surface area contributed by atoms with Gasteiger partial charge in [0.05, 0.1) is 6.42 Å². The van der Waals surface area contributed by atoms with E-state index in [1.54, 1.807) is 0 Å². The maximum absolute atomic E-state index is 12.8. The average molecular weight is 379 g/mol. The summed E-state index contributed by atoms with van der Waals surface area (Å²) >= 11 is 3.45. The van der Waals surface area contributed by atoms with Crippen LogP contribution in [0.2, 0.25) is 0 Å². The molecule has 1 aromatic rings. The third-order valence-corrected chi connectivity index (χ3v) is 5.99. The van der Waals surface area contributed by atoms with Gasteiger partial charge < -0.3 is 4.90 Å². The van der Waals surface area contributed by atoms with E-state index in [0.717, 1.165) is 16.5 Å². The Hall–Kier alpha value is -0.870. The van der Waals surface area contributed by atoms with Gasteiger partial charge in [-0.25, -0.2) is 0 Å². The third-order valence-electron chi connectivity index (χ3n) is 5.46. The van der Waals surface area contributed by atoms with Gasteiger partial charge in [-0.1, -0.05) is 40.9 Å². The molecule has 2 fully saturated rings. The molecule has 1 heterocycles. The fraction of sp³-hybridized carbons (Fsp3) is 0.632. The second-order valence-electron chi connectivity index (χ2n) is 6.97. The van der Waals surface area contributed by atoms with Crippen LogP contribution in [0.15, 0.2) is 28.7 Å². The van der Waals surface area contributed by atoms with E-state index in [2.05, 4.69) is 20.8 Å². The van der Waals surface area contributed by atoms with Crippen molar-refractivity contribution in [3.05, 3.63) is 34.3 Å². The highest BCUT2D eigenvalue weighted by molar-refractivity contribution is 9.10. The van der Waals surface area contributed by atoms with Crippen LogP contribution >= 0.6 is 15.9 Å². The Balaban J connectivity index is 1.65. The summed E-state index contributed by atoms with van der Waals surface area (Å²) in [4.78, 5) is 17.4. The Morgan fingerprint density at radius 3 is 2.48 bits per heavy atom. The van der Waals surface area contributed by atoms with Gasteiger partial charge in [0.15, 0.2) is 0 Å². The molecule has 2 atom stereocenters. The number of halogens is 1. The van der Waals surface area contributed by atoms with Crippen LogP contribution in [0.1, 0.15) is 44.1 Å².